The van der Waals surface area contributed by atoms with Crippen molar-refractivity contribution < 1.29 is 9.47 Å². The lowest BCUT2D eigenvalue weighted by Gasteiger charge is -2.24. The second kappa shape index (κ2) is 10.4. The van der Waals surface area contributed by atoms with Crippen LogP contribution in [-0.4, -0.2) is 52.0 Å². The molecule has 1 rings (SSSR count). The molecule has 0 radical (unpaired) electrons. The van der Waals surface area contributed by atoms with Gasteiger partial charge in [-0.2, -0.15) is 0 Å². The molecule has 0 aromatic carbocycles. The van der Waals surface area contributed by atoms with Crippen LogP contribution in [0.3, 0.4) is 0 Å². The molecule has 0 aromatic heterocycles. The highest BCUT2D eigenvalue weighted by molar-refractivity contribution is 14.0. The standard InChI is InChI=1S/C14H27N3O2.HI/c1-14(2,18-4)11-17-13(15-3)16-8-5-12-6-9-19-10-7-12;/h6H,5,7-11H2,1-4H3,(H2,15,16,17);1H. The number of halogens is 1. The number of methoxy groups -OCH3 is 1. The first kappa shape index (κ1) is 19.7. The molecular formula is C14H28IN3O2. The van der Waals surface area contributed by atoms with Crippen molar-refractivity contribution in [3.8, 4) is 0 Å². The van der Waals surface area contributed by atoms with E-state index in [9.17, 15) is 0 Å². The highest BCUT2D eigenvalue weighted by atomic mass is 127. The van der Waals surface area contributed by atoms with Crippen LogP contribution in [0.25, 0.3) is 0 Å². The Labute approximate surface area is 139 Å². The molecule has 0 unspecified atom stereocenters. The van der Waals surface area contributed by atoms with Crippen molar-refractivity contribution in [2.75, 3.05) is 40.5 Å². The summed E-state index contributed by atoms with van der Waals surface area (Å²) in [5, 5.41) is 6.58. The van der Waals surface area contributed by atoms with Crippen LogP contribution in [0.5, 0.6) is 0 Å². The molecule has 0 saturated heterocycles. The van der Waals surface area contributed by atoms with Crippen molar-refractivity contribution >= 4 is 29.9 Å². The van der Waals surface area contributed by atoms with E-state index in [4.69, 9.17) is 9.47 Å². The van der Waals surface area contributed by atoms with Gasteiger partial charge < -0.3 is 20.1 Å². The third kappa shape index (κ3) is 8.06. The Balaban J connectivity index is 0.00000361. The van der Waals surface area contributed by atoms with Gasteiger partial charge in [0.15, 0.2) is 5.96 Å². The van der Waals surface area contributed by atoms with Crippen molar-refractivity contribution in [1.82, 2.24) is 10.6 Å². The molecule has 0 spiro atoms. The molecule has 0 aromatic rings. The minimum absolute atomic E-state index is 0. The van der Waals surface area contributed by atoms with Gasteiger partial charge in [-0.15, -0.1) is 24.0 Å². The summed E-state index contributed by atoms with van der Waals surface area (Å²) in [6.07, 6.45) is 4.26. The van der Waals surface area contributed by atoms with Crippen molar-refractivity contribution in [2.45, 2.75) is 32.3 Å². The second-order valence-electron chi connectivity index (χ2n) is 5.25. The minimum Gasteiger partial charge on any atom is -0.377 e. The smallest absolute Gasteiger partial charge is 0.191 e. The average molecular weight is 397 g/mol. The Morgan fingerprint density at radius 1 is 1.45 bits per heavy atom. The van der Waals surface area contributed by atoms with Gasteiger partial charge in [0.1, 0.15) is 0 Å². The predicted molar refractivity (Wildman–Crippen MR) is 94.0 cm³/mol. The average Bonchev–Trinajstić information content (AvgIpc) is 2.43. The fraction of sp³-hybridized carbons (Fsp3) is 0.786. The molecular weight excluding hydrogens is 369 g/mol. The van der Waals surface area contributed by atoms with Crippen LogP contribution in [-0.2, 0) is 9.47 Å². The molecule has 0 amide bonds. The first-order valence-electron chi connectivity index (χ1n) is 6.83. The molecule has 6 heteroatoms. The highest BCUT2D eigenvalue weighted by Gasteiger charge is 2.16. The fourth-order valence-electron chi connectivity index (χ4n) is 1.72. The van der Waals surface area contributed by atoms with Crippen LogP contribution in [0.15, 0.2) is 16.6 Å². The maximum Gasteiger partial charge on any atom is 0.191 e. The lowest BCUT2D eigenvalue weighted by Crippen LogP contribution is -2.45. The van der Waals surface area contributed by atoms with E-state index in [-0.39, 0.29) is 29.6 Å². The molecule has 0 bridgehead atoms. The van der Waals surface area contributed by atoms with Crippen LogP contribution in [0.2, 0.25) is 0 Å². The third-order valence-corrected chi connectivity index (χ3v) is 3.25. The van der Waals surface area contributed by atoms with E-state index in [0.29, 0.717) is 0 Å². The first-order chi connectivity index (χ1) is 9.07. The van der Waals surface area contributed by atoms with Crippen molar-refractivity contribution in [3.05, 3.63) is 11.6 Å². The van der Waals surface area contributed by atoms with E-state index >= 15 is 0 Å². The monoisotopic (exact) mass is 397 g/mol. The summed E-state index contributed by atoms with van der Waals surface area (Å²) in [5.41, 5.74) is 1.27. The number of hydrogen-bond acceptors (Lipinski definition) is 3. The maximum absolute atomic E-state index is 5.36. The molecule has 0 atom stereocenters. The summed E-state index contributed by atoms with van der Waals surface area (Å²) in [7, 11) is 3.50. The van der Waals surface area contributed by atoms with Crippen LogP contribution in [0.4, 0.5) is 0 Å². The Bertz CT molecular complexity index is 330. The number of guanidine groups is 1. The molecule has 1 heterocycles. The zero-order valence-electron chi connectivity index (χ0n) is 13.0. The number of nitrogens with zero attached hydrogens (tertiary/aromatic N) is 1. The van der Waals surface area contributed by atoms with E-state index in [1.807, 2.05) is 13.8 Å². The van der Waals surface area contributed by atoms with Crippen molar-refractivity contribution in [2.24, 2.45) is 4.99 Å². The summed E-state index contributed by atoms with van der Waals surface area (Å²) in [6.45, 7) is 7.30. The van der Waals surface area contributed by atoms with Gasteiger partial charge in [-0.25, -0.2) is 0 Å². The topological polar surface area (TPSA) is 54.9 Å². The summed E-state index contributed by atoms with van der Waals surface area (Å²) in [4.78, 5) is 4.20. The quantitative estimate of drug-likeness (QED) is 0.311. The molecule has 5 nitrogen and oxygen atoms in total. The van der Waals surface area contributed by atoms with Gasteiger partial charge in [0, 0.05) is 27.2 Å². The van der Waals surface area contributed by atoms with Gasteiger partial charge in [-0.3, -0.25) is 4.99 Å². The number of hydrogen-bond donors (Lipinski definition) is 2. The molecule has 1 aliphatic rings. The molecule has 0 aliphatic carbocycles. The molecule has 0 saturated carbocycles. The zero-order valence-corrected chi connectivity index (χ0v) is 15.3. The fourth-order valence-corrected chi connectivity index (χ4v) is 1.72. The van der Waals surface area contributed by atoms with Gasteiger partial charge in [-0.05, 0) is 26.7 Å². The van der Waals surface area contributed by atoms with Crippen molar-refractivity contribution in [1.29, 1.82) is 0 Å². The normalized spacial score (nSPS) is 16.2. The third-order valence-electron chi connectivity index (χ3n) is 3.25. The lowest BCUT2D eigenvalue weighted by atomic mass is 10.1. The molecule has 118 valence electrons. The van der Waals surface area contributed by atoms with E-state index in [1.165, 1.54) is 5.57 Å². The first-order valence-corrected chi connectivity index (χ1v) is 6.83. The lowest BCUT2D eigenvalue weighted by molar-refractivity contribution is 0.0268. The van der Waals surface area contributed by atoms with Gasteiger partial charge in [0.25, 0.3) is 0 Å². The van der Waals surface area contributed by atoms with Gasteiger partial charge in [0.2, 0.25) is 0 Å². The Morgan fingerprint density at radius 2 is 2.20 bits per heavy atom. The van der Waals surface area contributed by atoms with Crippen LogP contribution in [0, 0.1) is 0 Å². The summed E-state index contributed by atoms with van der Waals surface area (Å²) in [6, 6.07) is 0. The molecule has 1 aliphatic heterocycles. The Morgan fingerprint density at radius 3 is 2.75 bits per heavy atom. The zero-order chi connectivity index (χ0) is 14.1. The van der Waals surface area contributed by atoms with Gasteiger partial charge >= 0.3 is 0 Å². The number of rotatable bonds is 6. The van der Waals surface area contributed by atoms with E-state index in [1.54, 1.807) is 14.2 Å². The number of nitrogens with one attached hydrogen (secondary N) is 2. The van der Waals surface area contributed by atoms with Crippen LogP contribution < -0.4 is 10.6 Å². The molecule has 0 fully saturated rings. The van der Waals surface area contributed by atoms with Crippen molar-refractivity contribution in [3.63, 3.8) is 0 Å². The van der Waals surface area contributed by atoms with Crippen LogP contribution >= 0.6 is 24.0 Å². The minimum atomic E-state index is -0.194. The SMILES string of the molecule is CN=C(NCCC1=CCOCC1)NCC(C)(C)OC.I. The van der Waals surface area contributed by atoms with Crippen LogP contribution in [0.1, 0.15) is 26.7 Å². The second-order valence-corrected chi connectivity index (χ2v) is 5.25. The van der Waals surface area contributed by atoms with Gasteiger partial charge in [0.05, 0.1) is 18.8 Å². The molecule has 20 heavy (non-hydrogen) atoms. The van der Waals surface area contributed by atoms with E-state index in [2.05, 4.69) is 21.7 Å². The maximum atomic E-state index is 5.36. The van der Waals surface area contributed by atoms with E-state index < -0.39 is 0 Å². The Hall–Kier alpha value is -0.340. The van der Waals surface area contributed by atoms with Gasteiger partial charge in [-0.1, -0.05) is 11.6 Å². The molecule has 2 N–H and O–H groups in total. The summed E-state index contributed by atoms with van der Waals surface area (Å²) < 4.78 is 10.7. The summed E-state index contributed by atoms with van der Waals surface area (Å²) in [5.74, 6) is 0.817. The number of ether oxygens (including phenoxy) is 2. The van der Waals surface area contributed by atoms with E-state index in [0.717, 1.165) is 45.1 Å². The Kier molecular flexibility index (Phi) is 10.2. The summed E-state index contributed by atoms with van der Waals surface area (Å²) >= 11 is 0. The number of aliphatic imine (C=N–C) groups is 1. The highest BCUT2D eigenvalue weighted by Crippen LogP contribution is 2.10. The largest absolute Gasteiger partial charge is 0.377 e. The predicted octanol–water partition coefficient (Wildman–Crippen LogP) is 1.93.